The molecule has 0 radical (unpaired) electrons. The zero-order valence-electron chi connectivity index (χ0n) is 12.4. The van der Waals surface area contributed by atoms with E-state index in [1.807, 2.05) is 30.3 Å². The van der Waals surface area contributed by atoms with E-state index >= 15 is 0 Å². The monoisotopic (exact) mass is 385 g/mol. The molecule has 2 aromatic rings. The maximum atomic E-state index is 11.8. The molecule has 0 spiro atoms. The summed E-state index contributed by atoms with van der Waals surface area (Å²) >= 11 is 15.2. The Morgan fingerprint density at radius 3 is 2.61 bits per heavy atom. The molecule has 0 aliphatic heterocycles. The Morgan fingerprint density at radius 2 is 1.87 bits per heavy atom. The zero-order valence-corrected chi connectivity index (χ0v) is 15.6. The molecule has 0 fully saturated rings. The number of carbonyl (C=O) groups is 1. The van der Waals surface area contributed by atoms with E-state index in [9.17, 15) is 4.79 Å². The summed E-state index contributed by atoms with van der Waals surface area (Å²) in [6.07, 6.45) is 0. The first-order valence-electron chi connectivity index (χ1n) is 7.11. The van der Waals surface area contributed by atoms with Crippen LogP contribution in [0.1, 0.15) is 5.56 Å². The van der Waals surface area contributed by atoms with Gasteiger partial charge in [0.2, 0.25) is 5.91 Å². The van der Waals surface area contributed by atoms with Crippen LogP contribution in [-0.4, -0.2) is 24.0 Å². The Kier molecular flexibility index (Phi) is 8.17. The fourth-order valence-corrected chi connectivity index (χ4v) is 4.02. The number of nitrogens with one attached hydrogen (secondary N) is 1. The summed E-state index contributed by atoms with van der Waals surface area (Å²) < 4.78 is 0. The van der Waals surface area contributed by atoms with Crippen LogP contribution in [0.3, 0.4) is 0 Å². The Bertz CT molecular complexity index is 638. The quantitative estimate of drug-likeness (QED) is 0.503. The van der Waals surface area contributed by atoms with Crippen molar-refractivity contribution in [3.05, 3.63) is 64.1 Å². The van der Waals surface area contributed by atoms with Crippen molar-refractivity contribution >= 4 is 52.6 Å². The predicted octanol–water partition coefficient (Wildman–Crippen LogP) is 5.14. The molecule has 1 N–H and O–H groups in total. The van der Waals surface area contributed by atoms with E-state index in [0.29, 0.717) is 28.1 Å². The molecule has 1 amide bonds. The summed E-state index contributed by atoms with van der Waals surface area (Å²) in [6, 6.07) is 15.6. The van der Waals surface area contributed by atoms with Gasteiger partial charge in [-0.15, -0.1) is 23.5 Å². The number of thioether (sulfide) groups is 2. The molecule has 2 nitrogen and oxygen atoms in total. The third kappa shape index (κ3) is 7.08. The maximum Gasteiger partial charge on any atom is 0.230 e. The number of benzene rings is 2. The lowest BCUT2D eigenvalue weighted by atomic mass is 10.2. The van der Waals surface area contributed by atoms with Crippen LogP contribution in [0.4, 0.5) is 0 Å². The minimum Gasteiger partial charge on any atom is -0.355 e. The molecular weight excluding hydrogens is 369 g/mol. The molecule has 23 heavy (non-hydrogen) atoms. The number of halogens is 2. The molecule has 2 rings (SSSR count). The molecule has 2 aromatic carbocycles. The van der Waals surface area contributed by atoms with Crippen molar-refractivity contribution in [2.24, 2.45) is 0 Å². The van der Waals surface area contributed by atoms with E-state index in [2.05, 4.69) is 17.4 Å². The lowest BCUT2D eigenvalue weighted by molar-refractivity contribution is -0.118. The van der Waals surface area contributed by atoms with Crippen molar-refractivity contribution in [1.29, 1.82) is 0 Å². The van der Waals surface area contributed by atoms with Crippen LogP contribution in [-0.2, 0) is 10.5 Å². The largest absolute Gasteiger partial charge is 0.355 e. The number of carbonyl (C=O) groups excluding carboxylic acids is 1. The smallest absolute Gasteiger partial charge is 0.230 e. The minimum atomic E-state index is 0.0498. The van der Waals surface area contributed by atoms with Gasteiger partial charge in [0.15, 0.2) is 0 Å². The van der Waals surface area contributed by atoms with E-state index < -0.39 is 0 Å². The second kappa shape index (κ2) is 10.1. The molecule has 0 saturated carbocycles. The second-order valence-electron chi connectivity index (χ2n) is 4.74. The van der Waals surface area contributed by atoms with Crippen molar-refractivity contribution in [3.63, 3.8) is 0 Å². The van der Waals surface area contributed by atoms with Gasteiger partial charge in [0.05, 0.1) is 5.75 Å². The van der Waals surface area contributed by atoms with Crippen LogP contribution in [0.5, 0.6) is 0 Å². The Hall–Kier alpha value is -0.810. The van der Waals surface area contributed by atoms with Crippen LogP contribution >= 0.6 is 46.7 Å². The number of hydrogen-bond donors (Lipinski definition) is 1. The topological polar surface area (TPSA) is 29.1 Å². The van der Waals surface area contributed by atoms with Gasteiger partial charge >= 0.3 is 0 Å². The van der Waals surface area contributed by atoms with Crippen molar-refractivity contribution in [2.45, 2.75) is 10.6 Å². The van der Waals surface area contributed by atoms with E-state index in [4.69, 9.17) is 23.2 Å². The number of rotatable bonds is 8. The fourth-order valence-electron chi connectivity index (χ4n) is 1.82. The lowest BCUT2D eigenvalue weighted by Crippen LogP contribution is -2.27. The van der Waals surface area contributed by atoms with Gasteiger partial charge in [-0.25, -0.2) is 0 Å². The molecular formula is C17H17Cl2NOS2. The van der Waals surface area contributed by atoms with Crippen LogP contribution in [0.15, 0.2) is 53.4 Å². The molecule has 122 valence electrons. The first-order valence-corrected chi connectivity index (χ1v) is 10.0. The molecule has 0 atom stereocenters. The van der Waals surface area contributed by atoms with Gasteiger partial charge in [-0.1, -0.05) is 47.5 Å². The predicted molar refractivity (Wildman–Crippen MR) is 103 cm³/mol. The summed E-state index contributed by atoms with van der Waals surface area (Å²) in [4.78, 5) is 13.0. The van der Waals surface area contributed by atoms with Crippen molar-refractivity contribution in [3.8, 4) is 0 Å². The molecule has 0 aromatic heterocycles. The van der Waals surface area contributed by atoms with Crippen molar-refractivity contribution < 1.29 is 4.79 Å². The second-order valence-corrected chi connectivity index (χ2v) is 7.74. The molecule has 0 bridgehead atoms. The van der Waals surface area contributed by atoms with Crippen LogP contribution in [0, 0.1) is 0 Å². The fraction of sp³-hybridized carbons (Fsp3) is 0.235. The normalized spacial score (nSPS) is 10.5. The Balaban J connectivity index is 1.60. The van der Waals surface area contributed by atoms with Crippen LogP contribution < -0.4 is 5.32 Å². The highest BCUT2D eigenvalue weighted by Crippen LogP contribution is 2.24. The maximum absolute atomic E-state index is 11.8. The molecule has 0 heterocycles. The highest BCUT2D eigenvalue weighted by Gasteiger charge is 2.05. The van der Waals surface area contributed by atoms with E-state index in [1.54, 1.807) is 29.6 Å². The molecule has 0 unspecified atom stereocenters. The third-order valence-electron chi connectivity index (χ3n) is 2.94. The van der Waals surface area contributed by atoms with Gasteiger partial charge in [0, 0.05) is 33.0 Å². The van der Waals surface area contributed by atoms with E-state index in [0.717, 1.165) is 11.3 Å². The van der Waals surface area contributed by atoms with Crippen LogP contribution in [0.25, 0.3) is 0 Å². The Morgan fingerprint density at radius 1 is 1.09 bits per heavy atom. The van der Waals surface area contributed by atoms with Crippen molar-refractivity contribution in [2.75, 3.05) is 18.1 Å². The Labute approximate surface area is 155 Å². The number of amides is 1. The van der Waals surface area contributed by atoms with Gasteiger partial charge < -0.3 is 5.32 Å². The third-order valence-corrected chi connectivity index (χ3v) is 5.52. The minimum absolute atomic E-state index is 0.0498. The standard InChI is InChI=1S/C17H17Cl2NOS2/c18-14-7-6-13(16(19)10-14)11-22-12-17(21)20-8-9-23-15-4-2-1-3-5-15/h1-7,10H,8-9,11-12H2,(H,20,21). The van der Waals surface area contributed by atoms with Gasteiger partial charge in [0.25, 0.3) is 0 Å². The highest BCUT2D eigenvalue weighted by atomic mass is 35.5. The van der Waals surface area contributed by atoms with E-state index in [1.165, 1.54) is 4.90 Å². The lowest BCUT2D eigenvalue weighted by Gasteiger charge is -2.06. The average molecular weight is 386 g/mol. The summed E-state index contributed by atoms with van der Waals surface area (Å²) in [7, 11) is 0. The van der Waals surface area contributed by atoms with Gasteiger partial charge in [0.1, 0.15) is 0 Å². The molecule has 0 aliphatic rings. The SMILES string of the molecule is O=C(CSCc1ccc(Cl)cc1Cl)NCCSc1ccccc1. The van der Waals surface area contributed by atoms with Gasteiger partial charge in [-0.2, -0.15) is 0 Å². The summed E-state index contributed by atoms with van der Waals surface area (Å²) in [5, 5.41) is 4.19. The van der Waals surface area contributed by atoms with Crippen molar-refractivity contribution in [1.82, 2.24) is 5.32 Å². The number of hydrogen-bond acceptors (Lipinski definition) is 3. The van der Waals surface area contributed by atoms with Crippen LogP contribution in [0.2, 0.25) is 10.0 Å². The highest BCUT2D eigenvalue weighted by molar-refractivity contribution is 7.99. The summed E-state index contributed by atoms with van der Waals surface area (Å²) in [5.41, 5.74) is 0.994. The summed E-state index contributed by atoms with van der Waals surface area (Å²) in [6.45, 7) is 0.667. The first kappa shape index (κ1) is 18.5. The summed E-state index contributed by atoms with van der Waals surface area (Å²) in [5.74, 6) is 2.04. The van der Waals surface area contributed by atoms with E-state index in [-0.39, 0.29) is 5.91 Å². The molecule has 6 heteroatoms. The first-order chi connectivity index (χ1) is 11.1. The molecule has 0 aliphatic carbocycles. The van der Waals surface area contributed by atoms with Gasteiger partial charge in [-0.05, 0) is 29.8 Å². The van der Waals surface area contributed by atoms with Gasteiger partial charge in [-0.3, -0.25) is 4.79 Å². The zero-order chi connectivity index (χ0) is 16.5. The average Bonchev–Trinajstić information content (AvgIpc) is 2.55. The molecule has 0 saturated heterocycles.